The molecule has 0 saturated heterocycles. The van der Waals surface area contributed by atoms with E-state index in [1.807, 2.05) is 0 Å². The van der Waals surface area contributed by atoms with E-state index in [2.05, 4.69) is 0 Å². The van der Waals surface area contributed by atoms with Crippen LogP contribution >= 0.6 is 0 Å². The zero-order valence-electron chi connectivity index (χ0n) is 6.39. The van der Waals surface area contributed by atoms with Crippen LogP contribution in [0, 0.1) is 0 Å². The monoisotopic (exact) mass is 189 g/mol. The predicted octanol–water partition coefficient (Wildman–Crippen LogP) is 0.811. The lowest BCUT2D eigenvalue weighted by atomic mass is 10.4. The Labute approximate surface area is 67.8 Å². The van der Waals surface area contributed by atoms with Crippen molar-refractivity contribution in [2.45, 2.75) is 12.9 Å². The molecule has 1 N–H and O–H groups in total. The number of aliphatic hydroxyl groups excluding tert-OH is 1. The molecule has 0 aliphatic carbocycles. The summed E-state index contributed by atoms with van der Waals surface area (Å²) in [4.78, 5) is 0.829. The van der Waals surface area contributed by atoms with E-state index >= 15 is 0 Å². The Kier molecular flexibility index (Phi) is 6.00. The molecule has 6 heteroatoms. The number of hydrogen-bond donors (Lipinski definition) is 1. The number of hydrogen-bond acceptors (Lipinski definition) is 2. The average molecular weight is 189 g/mol. The van der Waals surface area contributed by atoms with Crippen molar-refractivity contribution >= 4 is 0 Å². The summed E-state index contributed by atoms with van der Waals surface area (Å²) in [6.07, 6.45) is -5.29. The molecule has 0 atom stereocenters. The van der Waals surface area contributed by atoms with Gasteiger partial charge in [0.2, 0.25) is 0 Å². The molecule has 0 aromatic heterocycles. The first-order valence-electron chi connectivity index (χ1n) is 3.45. The van der Waals surface area contributed by atoms with E-state index in [0.29, 0.717) is 0 Å². The largest absolute Gasteiger partial charge is 0.395 e. The number of alkyl halides is 4. The molecule has 0 heterocycles. The van der Waals surface area contributed by atoms with Gasteiger partial charge in [-0.2, -0.15) is 0 Å². The second-order valence-corrected chi connectivity index (χ2v) is 2.27. The fraction of sp³-hybridized carbons (Fsp3) is 1.00. The molecule has 0 saturated carbocycles. The van der Waals surface area contributed by atoms with Crippen LogP contribution in [0.4, 0.5) is 17.6 Å². The first kappa shape index (κ1) is 11.6. The number of aliphatic hydroxyl groups is 1. The molecule has 0 radical (unpaired) electrons. The molecule has 0 bridgehead atoms. The minimum absolute atomic E-state index is 0.144. The summed E-state index contributed by atoms with van der Waals surface area (Å²) in [6, 6.07) is 0. The third kappa shape index (κ3) is 6.36. The first-order valence-corrected chi connectivity index (χ1v) is 3.45. The standard InChI is InChI=1S/C6H11F4NO/c7-5(8)3-11(1-2-12)4-6(9)10/h5-6,12H,1-4H2. The van der Waals surface area contributed by atoms with Gasteiger partial charge < -0.3 is 5.11 Å². The molecule has 2 nitrogen and oxygen atoms in total. The molecule has 12 heavy (non-hydrogen) atoms. The minimum atomic E-state index is -2.64. The van der Waals surface area contributed by atoms with Gasteiger partial charge in [-0.3, -0.25) is 4.90 Å². The third-order valence-corrected chi connectivity index (χ3v) is 1.21. The van der Waals surface area contributed by atoms with Gasteiger partial charge in [-0.25, -0.2) is 17.6 Å². The molecule has 0 amide bonds. The highest BCUT2D eigenvalue weighted by Crippen LogP contribution is 2.02. The van der Waals surface area contributed by atoms with Gasteiger partial charge in [0.25, 0.3) is 12.9 Å². The van der Waals surface area contributed by atoms with E-state index in [4.69, 9.17) is 5.11 Å². The van der Waals surface area contributed by atoms with Crippen LogP contribution in [-0.4, -0.2) is 49.1 Å². The van der Waals surface area contributed by atoms with Crippen molar-refractivity contribution in [1.29, 1.82) is 0 Å². The van der Waals surface area contributed by atoms with Crippen molar-refractivity contribution in [3.8, 4) is 0 Å². The van der Waals surface area contributed by atoms with Crippen LogP contribution in [-0.2, 0) is 0 Å². The minimum Gasteiger partial charge on any atom is -0.395 e. The normalized spacial score (nSPS) is 12.0. The smallest absolute Gasteiger partial charge is 0.251 e. The van der Waals surface area contributed by atoms with Gasteiger partial charge in [-0.15, -0.1) is 0 Å². The Balaban J connectivity index is 3.69. The Morgan fingerprint density at radius 3 is 1.67 bits per heavy atom. The lowest BCUT2D eigenvalue weighted by Crippen LogP contribution is -2.35. The second-order valence-electron chi connectivity index (χ2n) is 2.27. The lowest BCUT2D eigenvalue weighted by Gasteiger charge is -2.19. The number of rotatable bonds is 6. The van der Waals surface area contributed by atoms with Crippen molar-refractivity contribution in [1.82, 2.24) is 4.90 Å². The van der Waals surface area contributed by atoms with Gasteiger partial charge in [-0.05, 0) is 0 Å². The maximum absolute atomic E-state index is 11.7. The number of nitrogens with zero attached hydrogens (tertiary/aromatic N) is 1. The molecule has 0 aromatic carbocycles. The van der Waals surface area contributed by atoms with E-state index in [9.17, 15) is 17.6 Å². The van der Waals surface area contributed by atoms with Gasteiger partial charge >= 0.3 is 0 Å². The fourth-order valence-electron chi connectivity index (χ4n) is 0.789. The summed E-state index contributed by atoms with van der Waals surface area (Å²) >= 11 is 0. The van der Waals surface area contributed by atoms with Crippen LogP contribution in [0.5, 0.6) is 0 Å². The van der Waals surface area contributed by atoms with Crippen LogP contribution in [0.1, 0.15) is 0 Å². The van der Waals surface area contributed by atoms with Crippen molar-refractivity contribution in [2.24, 2.45) is 0 Å². The van der Waals surface area contributed by atoms with Gasteiger partial charge in [0.15, 0.2) is 0 Å². The lowest BCUT2D eigenvalue weighted by molar-refractivity contribution is 0.0354. The van der Waals surface area contributed by atoms with E-state index in [1.54, 1.807) is 0 Å². The highest BCUT2D eigenvalue weighted by Gasteiger charge is 2.15. The first-order chi connectivity index (χ1) is 5.56. The van der Waals surface area contributed by atoms with E-state index in [-0.39, 0.29) is 13.2 Å². The molecule has 0 aliphatic rings. The molecule has 0 spiro atoms. The van der Waals surface area contributed by atoms with Crippen molar-refractivity contribution in [3.05, 3.63) is 0 Å². The Morgan fingerprint density at radius 1 is 1.00 bits per heavy atom. The third-order valence-electron chi connectivity index (χ3n) is 1.21. The summed E-state index contributed by atoms with van der Waals surface area (Å²) in [5.74, 6) is 0. The molecule has 0 unspecified atom stereocenters. The summed E-state index contributed by atoms with van der Waals surface area (Å²) in [6.45, 7) is -1.97. The molecule has 0 aromatic rings. The highest BCUT2D eigenvalue weighted by atomic mass is 19.3. The molecular formula is C6H11F4NO. The van der Waals surface area contributed by atoms with Crippen LogP contribution in [0.2, 0.25) is 0 Å². The Hall–Kier alpha value is -0.360. The fourth-order valence-corrected chi connectivity index (χ4v) is 0.789. The average Bonchev–Trinajstić information content (AvgIpc) is 1.84. The van der Waals surface area contributed by atoms with Crippen molar-refractivity contribution in [3.63, 3.8) is 0 Å². The van der Waals surface area contributed by atoms with E-state index in [1.165, 1.54) is 0 Å². The van der Waals surface area contributed by atoms with Crippen LogP contribution in [0.15, 0.2) is 0 Å². The Bertz CT molecular complexity index is 102. The van der Waals surface area contributed by atoms with Gasteiger partial charge in [-0.1, -0.05) is 0 Å². The molecule has 0 aliphatic heterocycles. The number of halogens is 4. The van der Waals surface area contributed by atoms with E-state index in [0.717, 1.165) is 4.90 Å². The molecular weight excluding hydrogens is 178 g/mol. The highest BCUT2D eigenvalue weighted by molar-refractivity contribution is 4.59. The predicted molar refractivity (Wildman–Crippen MR) is 35.5 cm³/mol. The van der Waals surface area contributed by atoms with Gasteiger partial charge in [0.05, 0.1) is 19.7 Å². The van der Waals surface area contributed by atoms with Crippen LogP contribution in [0.25, 0.3) is 0 Å². The van der Waals surface area contributed by atoms with Gasteiger partial charge in [0, 0.05) is 6.54 Å². The van der Waals surface area contributed by atoms with Crippen molar-refractivity contribution < 1.29 is 22.7 Å². The zero-order valence-corrected chi connectivity index (χ0v) is 6.39. The summed E-state index contributed by atoms with van der Waals surface area (Å²) < 4.78 is 46.8. The Morgan fingerprint density at radius 2 is 1.42 bits per heavy atom. The zero-order chi connectivity index (χ0) is 9.56. The van der Waals surface area contributed by atoms with Crippen LogP contribution in [0.3, 0.4) is 0 Å². The molecule has 0 rings (SSSR count). The van der Waals surface area contributed by atoms with Gasteiger partial charge in [0.1, 0.15) is 0 Å². The second kappa shape index (κ2) is 6.19. The van der Waals surface area contributed by atoms with Crippen LogP contribution < -0.4 is 0 Å². The summed E-state index contributed by atoms with van der Waals surface area (Å²) in [7, 11) is 0. The topological polar surface area (TPSA) is 23.5 Å². The summed E-state index contributed by atoms with van der Waals surface area (Å²) in [5, 5.41) is 8.33. The SMILES string of the molecule is OCCN(CC(F)F)CC(F)F. The van der Waals surface area contributed by atoms with Crippen molar-refractivity contribution in [2.75, 3.05) is 26.2 Å². The maximum Gasteiger partial charge on any atom is 0.251 e. The maximum atomic E-state index is 11.7. The van der Waals surface area contributed by atoms with E-state index < -0.39 is 25.9 Å². The molecule has 0 fully saturated rings. The quantitative estimate of drug-likeness (QED) is 0.625. The summed E-state index contributed by atoms with van der Waals surface area (Å²) in [5.41, 5.74) is 0. The molecule has 74 valence electrons.